The Morgan fingerprint density at radius 3 is 2.45 bits per heavy atom. The van der Waals surface area contributed by atoms with Gasteiger partial charge in [-0.25, -0.2) is 9.59 Å². The largest absolute Gasteiger partial charge is 0.478 e. The first-order valence-electron chi connectivity index (χ1n) is 6.99. The molecule has 0 fully saturated rings. The van der Waals surface area contributed by atoms with Crippen molar-refractivity contribution in [2.24, 2.45) is 0 Å². The standard InChI is InChI=1S/C18H14O4/c1-2-11-3-4-14-10-15(18(21)22-16(14)9-11)12-5-7-13(8-6-12)17(19)20/h3-10H,2H2,1H3,(H,19,20). The smallest absolute Gasteiger partial charge is 0.344 e. The summed E-state index contributed by atoms with van der Waals surface area (Å²) < 4.78 is 5.40. The van der Waals surface area contributed by atoms with E-state index in [1.54, 1.807) is 18.2 Å². The van der Waals surface area contributed by atoms with Crippen molar-refractivity contribution in [2.75, 3.05) is 0 Å². The first-order chi connectivity index (χ1) is 10.6. The predicted molar refractivity (Wildman–Crippen MR) is 84.3 cm³/mol. The number of rotatable bonds is 3. The average Bonchev–Trinajstić information content (AvgIpc) is 2.53. The summed E-state index contributed by atoms with van der Waals surface area (Å²) in [5.41, 5.74) is 2.49. The summed E-state index contributed by atoms with van der Waals surface area (Å²) >= 11 is 0. The Balaban J connectivity index is 2.12. The van der Waals surface area contributed by atoms with Gasteiger partial charge >= 0.3 is 11.6 Å². The highest BCUT2D eigenvalue weighted by Gasteiger charge is 2.09. The topological polar surface area (TPSA) is 67.5 Å². The molecule has 0 radical (unpaired) electrons. The van der Waals surface area contributed by atoms with Crippen LogP contribution in [0.1, 0.15) is 22.8 Å². The van der Waals surface area contributed by atoms with Crippen molar-refractivity contribution < 1.29 is 14.3 Å². The van der Waals surface area contributed by atoms with Gasteiger partial charge in [0.1, 0.15) is 5.58 Å². The van der Waals surface area contributed by atoms with Gasteiger partial charge in [0.05, 0.1) is 11.1 Å². The minimum Gasteiger partial charge on any atom is -0.478 e. The van der Waals surface area contributed by atoms with Gasteiger partial charge in [-0.15, -0.1) is 0 Å². The Bertz CT molecular complexity index is 905. The minimum absolute atomic E-state index is 0.182. The summed E-state index contributed by atoms with van der Waals surface area (Å²) in [4.78, 5) is 23.0. The Hall–Kier alpha value is -2.88. The molecule has 1 N–H and O–H groups in total. The van der Waals surface area contributed by atoms with Crippen LogP contribution in [-0.2, 0) is 6.42 Å². The number of carboxylic acid groups (broad SMARTS) is 1. The van der Waals surface area contributed by atoms with Crippen LogP contribution in [0.25, 0.3) is 22.1 Å². The SMILES string of the molecule is CCc1ccc2cc(-c3ccc(C(=O)O)cc3)c(=O)oc2c1. The van der Waals surface area contributed by atoms with Crippen molar-refractivity contribution in [1.29, 1.82) is 0 Å². The van der Waals surface area contributed by atoms with E-state index in [1.807, 2.05) is 25.1 Å². The van der Waals surface area contributed by atoms with Gasteiger partial charge in [0.2, 0.25) is 0 Å². The fourth-order valence-electron chi connectivity index (χ4n) is 2.37. The Labute approximate surface area is 126 Å². The molecule has 4 heteroatoms. The average molecular weight is 294 g/mol. The van der Waals surface area contributed by atoms with E-state index in [4.69, 9.17) is 9.52 Å². The number of hydrogen-bond acceptors (Lipinski definition) is 3. The molecule has 0 unspecified atom stereocenters. The number of fused-ring (bicyclic) bond motifs is 1. The van der Waals surface area contributed by atoms with Crippen molar-refractivity contribution in [3.8, 4) is 11.1 Å². The first kappa shape index (κ1) is 14.1. The van der Waals surface area contributed by atoms with Crippen molar-refractivity contribution in [2.45, 2.75) is 13.3 Å². The van der Waals surface area contributed by atoms with Crippen LogP contribution in [0.4, 0.5) is 0 Å². The molecule has 0 atom stereocenters. The molecular formula is C18H14O4. The number of carboxylic acids is 1. The van der Waals surface area contributed by atoms with E-state index in [-0.39, 0.29) is 5.56 Å². The van der Waals surface area contributed by atoms with Crippen LogP contribution in [0.15, 0.2) is 57.7 Å². The normalized spacial score (nSPS) is 10.8. The number of hydrogen-bond donors (Lipinski definition) is 1. The molecule has 1 heterocycles. The summed E-state index contributed by atoms with van der Waals surface area (Å²) in [6.45, 7) is 2.04. The highest BCUT2D eigenvalue weighted by atomic mass is 16.4. The molecule has 0 saturated heterocycles. The molecule has 0 aliphatic carbocycles. The van der Waals surface area contributed by atoms with Crippen LogP contribution in [0.2, 0.25) is 0 Å². The van der Waals surface area contributed by atoms with Gasteiger partial charge in [-0.05, 0) is 41.8 Å². The number of aromatic carboxylic acids is 1. The minimum atomic E-state index is -0.996. The third-order valence-corrected chi connectivity index (χ3v) is 3.65. The lowest BCUT2D eigenvalue weighted by Gasteiger charge is -2.04. The van der Waals surface area contributed by atoms with E-state index in [2.05, 4.69) is 0 Å². The summed E-state index contributed by atoms with van der Waals surface area (Å²) in [5, 5.41) is 9.75. The second kappa shape index (κ2) is 5.48. The molecule has 0 aliphatic heterocycles. The van der Waals surface area contributed by atoms with E-state index in [0.29, 0.717) is 16.7 Å². The zero-order valence-electron chi connectivity index (χ0n) is 12.0. The molecule has 0 saturated carbocycles. The molecule has 0 aliphatic rings. The van der Waals surface area contributed by atoms with Crippen LogP contribution in [-0.4, -0.2) is 11.1 Å². The summed E-state index contributed by atoms with van der Waals surface area (Å²) in [5.74, 6) is -0.996. The Kier molecular flexibility index (Phi) is 3.51. The van der Waals surface area contributed by atoms with Gasteiger partial charge in [-0.2, -0.15) is 0 Å². The third-order valence-electron chi connectivity index (χ3n) is 3.65. The van der Waals surface area contributed by atoms with Gasteiger partial charge in [0.25, 0.3) is 0 Å². The maximum absolute atomic E-state index is 12.2. The highest BCUT2D eigenvalue weighted by Crippen LogP contribution is 2.22. The summed E-state index contributed by atoms with van der Waals surface area (Å²) in [6.07, 6.45) is 0.873. The van der Waals surface area contributed by atoms with Gasteiger partial charge in [0.15, 0.2) is 0 Å². The zero-order chi connectivity index (χ0) is 15.7. The van der Waals surface area contributed by atoms with E-state index in [0.717, 1.165) is 17.4 Å². The highest BCUT2D eigenvalue weighted by molar-refractivity contribution is 5.88. The van der Waals surface area contributed by atoms with Crippen molar-refractivity contribution in [3.05, 3.63) is 70.1 Å². The second-order valence-corrected chi connectivity index (χ2v) is 5.06. The lowest BCUT2D eigenvalue weighted by atomic mass is 10.0. The molecule has 3 aromatic rings. The molecule has 110 valence electrons. The van der Waals surface area contributed by atoms with Crippen molar-refractivity contribution in [1.82, 2.24) is 0 Å². The van der Waals surface area contributed by atoms with Gasteiger partial charge in [-0.1, -0.05) is 31.2 Å². The zero-order valence-corrected chi connectivity index (χ0v) is 12.0. The molecule has 0 amide bonds. The van der Waals surface area contributed by atoms with Crippen molar-refractivity contribution in [3.63, 3.8) is 0 Å². The van der Waals surface area contributed by atoms with Crippen LogP contribution in [0.3, 0.4) is 0 Å². The van der Waals surface area contributed by atoms with Crippen LogP contribution < -0.4 is 5.63 Å². The van der Waals surface area contributed by atoms with Gasteiger partial charge in [-0.3, -0.25) is 0 Å². The lowest BCUT2D eigenvalue weighted by molar-refractivity contribution is 0.0697. The quantitative estimate of drug-likeness (QED) is 0.747. The molecule has 4 nitrogen and oxygen atoms in total. The van der Waals surface area contributed by atoms with E-state index >= 15 is 0 Å². The van der Waals surface area contributed by atoms with Gasteiger partial charge in [0, 0.05) is 5.39 Å². The van der Waals surface area contributed by atoms with Crippen LogP contribution >= 0.6 is 0 Å². The summed E-state index contributed by atoms with van der Waals surface area (Å²) in [6, 6.07) is 13.7. The summed E-state index contributed by atoms with van der Waals surface area (Å²) in [7, 11) is 0. The van der Waals surface area contributed by atoms with Crippen LogP contribution in [0, 0.1) is 0 Å². The lowest BCUT2D eigenvalue weighted by Crippen LogP contribution is -2.03. The molecule has 2 aromatic carbocycles. The molecule has 3 rings (SSSR count). The Morgan fingerprint density at radius 1 is 1.09 bits per heavy atom. The number of carbonyl (C=O) groups is 1. The fourth-order valence-corrected chi connectivity index (χ4v) is 2.37. The van der Waals surface area contributed by atoms with E-state index in [1.165, 1.54) is 12.1 Å². The monoisotopic (exact) mass is 294 g/mol. The molecule has 0 spiro atoms. The van der Waals surface area contributed by atoms with Gasteiger partial charge < -0.3 is 9.52 Å². The van der Waals surface area contributed by atoms with E-state index < -0.39 is 11.6 Å². The van der Waals surface area contributed by atoms with Crippen molar-refractivity contribution >= 4 is 16.9 Å². The fraction of sp³-hybridized carbons (Fsp3) is 0.111. The maximum atomic E-state index is 12.2. The number of aryl methyl sites for hydroxylation is 1. The maximum Gasteiger partial charge on any atom is 0.344 e. The molecule has 0 bridgehead atoms. The third kappa shape index (κ3) is 2.51. The Morgan fingerprint density at radius 2 is 1.82 bits per heavy atom. The molecular weight excluding hydrogens is 280 g/mol. The predicted octanol–water partition coefficient (Wildman–Crippen LogP) is 3.72. The second-order valence-electron chi connectivity index (χ2n) is 5.06. The number of benzene rings is 2. The van der Waals surface area contributed by atoms with E-state index in [9.17, 15) is 9.59 Å². The molecule has 1 aromatic heterocycles. The van der Waals surface area contributed by atoms with Crippen LogP contribution in [0.5, 0.6) is 0 Å². The first-order valence-corrected chi connectivity index (χ1v) is 6.99. The molecule has 22 heavy (non-hydrogen) atoms.